The molecule has 0 saturated carbocycles. The number of carbonyl (C=O) groups excluding carboxylic acids is 1. The Morgan fingerprint density at radius 3 is 2.68 bits per heavy atom. The molecule has 0 unspecified atom stereocenters. The molecule has 0 aliphatic carbocycles. The van der Waals surface area contributed by atoms with Crippen LogP contribution in [0, 0.1) is 0 Å². The minimum absolute atomic E-state index is 0.0684. The summed E-state index contributed by atoms with van der Waals surface area (Å²) >= 11 is 1.36. The summed E-state index contributed by atoms with van der Waals surface area (Å²) in [5.74, 6) is 1.09. The van der Waals surface area contributed by atoms with E-state index in [-0.39, 0.29) is 11.7 Å². The number of hydrogen-bond acceptors (Lipinski definition) is 6. The summed E-state index contributed by atoms with van der Waals surface area (Å²) in [6.07, 6.45) is 1.56. The van der Waals surface area contributed by atoms with Crippen LogP contribution >= 0.6 is 11.8 Å². The largest absolute Gasteiger partial charge is 0.504 e. The van der Waals surface area contributed by atoms with Crippen molar-refractivity contribution in [3.8, 4) is 11.5 Å². The molecule has 1 saturated heterocycles. The van der Waals surface area contributed by atoms with Gasteiger partial charge in [-0.25, -0.2) is 4.99 Å². The zero-order chi connectivity index (χ0) is 20.1. The van der Waals surface area contributed by atoms with E-state index in [0.717, 1.165) is 5.69 Å². The van der Waals surface area contributed by atoms with Crippen LogP contribution < -0.4 is 4.74 Å². The van der Waals surface area contributed by atoms with Gasteiger partial charge in [-0.2, -0.15) is 10.1 Å². The minimum Gasteiger partial charge on any atom is -0.504 e. The number of benzene rings is 2. The molecule has 0 bridgehead atoms. The molecule has 0 atom stereocenters. The Morgan fingerprint density at radius 2 is 2.00 bits per heavy atom. The molecule has 1 N–H and O–H groups in total. The van der Waals surface area contributed by atoms with Gasteiger partial charge in [0.15, 0.2) is 16.7 Å². The second kappa shape index (κ2) is 8.93. The first-order valence-electron chi connectivity index (χ1n) is 9.12. The maximum Gasteiger partial charge on any atom is 0.259 e. The fourth-order valence-corrected chi connectivity index (χ4v) is 3.42. The molecular weight excluding hydrogens is 374 g/mol. The van der Waals surface area contributed by atoms with Crippen LogP contribution in [0.15, 0.2) is 52.6 Å². The first kappa shape index (κ1) is 19.9. The van der Waals surface area contributed by atoms with Gasteiger partial charge in [0.05, 0.1) is 24.3 Å². The third-order valence-electron chi connectivity index (χ3n) is 4.13. The number of ether oxygens (including phenoxy) is 1. The Labute approximate surface area is 168 Å². The van der Waals surface area contributed by atoms with E-state index in [0.29, 0.717) is 34.8 Å². The molecule has 1 aliphatic heterocycles. The van der Waals surface area contributed by atoms with Crippen molar-refractivity contribution in [3.05, 3.63) is 53.6 Å². The smallest absolute Gasteiger partial charge is 0.259 e. The van der Waals surface area contributed by atoms with Crippen LogP contribution in [-0.4, -0.2) is 39.8 Å². The predicted octanol–water partition coefficient (Wildman–Crippen LogP) is 4.51. The van der Waals surface area contributed by atoms with Crippen LogP contribution in [0.1, 0.15) is 37.8 Å². The topological polar surface area (TPSA) is 74.5 Å². The Hall–Kier alpha value is -2.80. The summed E-state index contributed by atoms with van der Waals surface area (Å²) in [5.41, 5.74) is 2.74. The van der Waals surface area contributed by atoms with E-state index in [4.69, 9.17) is 4.74 Å². The molecule has 7 heteroatoms. The van der Waals surface area contributed by atoms with Crippen LogP contribution in [0.25, 0.3) is 0 Å². The summed E-state index contributed by atoms with van der Waals surface area (Å²) in [4.78, 5) is 16.8. The molecule has 1 heterocycles. The quantitative estimate of drug-likeness (QED) is 0.728. The lowest BCUT2D eigenvalue weighted by molar-refractivity contribution is -0.124. The normalized spacial score (nSPS) is 15.9. The van der Waals surface area contributed by atoms with E-state index in [1.165, 1.54) is 28.4 Å². The highest BCUT2D eigenvalue weighted by molar-refractivity contribution is 8.15. The molecular formula is C21H23N3O3S. The Balaban J connectivity index is 1.80. The highest BCUT2D eigenvalue weighted by atomic mass is 32.2. The molecule has 1 amide bonds. The van der Waals surface area contributed by atoms with Gasteiger partial charge in [0.2, 0.25) is 0 Å². The molecule has 2 aromatic carbocycles. The summed E-state index contributed by atoms with van der Waals surface area (Å²) in [7, 11) is 0. The number of nitrogens with zero attached hydrogens (tertiary/aromatic N) is 3. The second-order valence-electron chi connectivity index (χ2n) is 6.54. The van der Waals surface area contributed by atoms with Gasteiger partial charge in [-0.15, -0.1) is 0 Å². The van der Waals surface area contributed by atoms with Crippen molar-refractivity contribution >= 4 is 34.7 Å². The lowest BCUT2D eigenvalue weighted by atomic mass is 10.0. The SMILES string of the molecule is CCOc1cc(C=NN2C(=O)CSC2=Nc2ccc(C(C)C)cc2)ccc1O. The summed E-state index contributed by atoms with van der Waals surface area (Å²) in [5, 5.41) is 15.9. The maximum atomic E-state index is 12.2. The highest BCUT2D eigenvalue weighted by Gasteiger charge is 2.28. The molecule has 6 nitrogen and oxygen atoms in total. The van der Waals surface area contributed by atoms with Gasteiger partial charge in [0, 0.05) is 0 Å². The van der Waals surface area contributed by atoms with Gasteiger partial charge in [0.25, 0.3) is 5.91 Å². The van der Waals surface area contributed by atoms with Crippen LogP contribution in [0.5, 0.6) is 11.5 Å². The van der Waals surface area contributed by atoms with Crippen LogP contribution in [0.4, 0.5) is 5.69 Å². The number of hydrogen-bond donors (Lipinski definition) is 1. The number of phenolic OH excluding ortho intramolecular Hbond substituents is 1. The van der Waals surface area contributed by atoms with Crippen molar-refractivity contribution in [1.29, 1.82) is 0 Å². The number of hydrazone groups is 1. The van der Waals surface area contributed by atoms with Crippen molar-refractivity contribution in [2.45, 2.75) is 26.7 Å². The van der Waals surface area contributed by atoms with Gasteiger partial charge in [-0.3, -0.25) is 4.79 Å². The van der Waals surface area contributed by atoms with Crippen molar-refractivity contribution < 1.29 is 14.6 Å². The average Bonchev–Trinajstić information content (AvgIpc) is 3.02. The van der Waals surface area contributed by atoms with E-state index in [9.17, 15) is 9.90 Å². The number of rotatable bonds is 6. The van der Waals surface area contributed by atoms with Crippen LogP contribution in [-0.2, 0) is 4.79 Å². The number of aliphatic imine (C=N–C) groups is 1. The van der Waals surface area contributed by atoms with Crippen LogP contribution in [0.2, 0.25) is 0 Å². The fourth-order valence-electron chi connectivity index (χ4n) is 2.60. The summed E-state index contributed by atoms with van der Waals surface area (Å²) < 4.78 is 5.38. The van der Waals surface area contributed by atoms with Crippen molar-refractivity contribution in [2.75, 3.05) is 12.4 Å². The van der Waals surface area contributed by atoms with Gasteiger partial charge >= 0.3 is 0 Å². The van der Waals surface area contributed by atoms with Crippen LogP contribution in [0.3, 0.4) is 0 Å². The second-order valence-corrected chi connectivity index (χ2v) is 7.48. The molecule has 0 aromatic heterocycles. The maximum absolute atomic E-state index is 12.2. The highest BCUT2D eigenvalue weighted by Crippen LogP contribution is 2.27. The van der Waals surface area contributed by atoms with Crippen molar-refractivity contribution in [1.82, 2.24) is 5.01 Å². The molecule has 0 spiro atoms. The number of amidine groups is 1. The standard InChI is InChI=1S/C21H23N3O3S/c1-4-27-19-11-15(5-10-18(19)25)12-22-24-20(26)13-28-21(24)23-17-8-6-16(7-9-17)14(2)3/h5-12,14,25H,4,13H2,1-3H3. The lowest BCUT2D eigenvalue weighted by Gasteiger charge is -2.10. The molecule has 28 heavy (non-hydrogen) atoms. The monoisotopic (exact) mass is 397 g/mol. The summed E-state index contributed by atoms with van der Waals surface area (Å²) in [6, 6.07) is 12.9. The molecule has 0 radical (unpaired) electrons. The first-order chi connectivity index (χ1) is 13.5. The van der Waals surface area contributed by atoms with Crippen molar-refractivity contribution in [3.63, 3.8) is 0 Å². The zero-order valence-electron chi connectivity index (χ0n) is 16.1. The lowest BCUT2D eigenvalue weighted by Crippen LogP contribution is -2.23. The van der Waals surface area contributed by atoms with Gasteiger partial charge in [0.1, 0.15) is 0 Å². The number of carbonyl (C=O) groups is 1. The van der Waals surface area contributed by atoms with Gasteiger partial charge < -0.3 is 9.84 Å². The third kappa shape index (κ3) is 4.72. The van der Waals surface area contributed by atoms with E-state index in [1.807, 2.05) is 31.2 Å². The number of thioether (sulfide) groups is 1. The number of amides is 1. The number of phenols is 1. The Bertz CT molecular complexity index is 908. The van der Waals surface area contributed by atoms with E-state index in [1.54, 1.807) is 18.3 Å². The minimum atomic E-state index is -0.123. The van der Waals surface area contributed by atoms with Gasteiger partial charge in [-0.05, 0) is 54.3 Å². The molecule has 2 aromatic rings. The average molecular weight is 398 g/mol. The Morgan fingerprint density at radius 1 is 1.25 bits per heavy atom. The molecule has 1 fully saturated rings. The van der Waals surface area contributed by atoms with Crippen molar-refractivity contribution in [2.24, 2.45) is 10.1 Å². The molecule has 3 rings (SSSR count). The molecule has 146 valence electrons. The first-order valence-corrected chi connectivity index (χ1v) is 10.1. The van der Waals surface area contributed by atoms with Gasteiger partial charge in [-0.1, -0.05) is 37.7 Å². The number of aromatic hydroxyl groups is 1. The zero-order valence-corrected chi connectivity index (χ0v) is 16.9. The van der Waals surface area contributed by atoms with E-state index in [2.05, 4.69) is 23.9 Å². The Kier molecular flexibility index (Phi) is 6.36. The van der Waals surface area contributed by atoms with E-state index < -0.39 is 0 Å². The summed E-state index contributed by atoms with van der Waals surface area (Å²) in [6.45, 7) is 6.57. The fraction of sp³-hybridized carbons (Fsp3) is 0.286. The predicted molar refractivity (Wildman–Crippen MR) is 114 cm³/mol. The third-order valence-corrected chi connectivity index (χ3v) is 5.05. The molecule has 1 aliphatic rings. The van der Waals surface area contributed by atoms with E-state index >= 15 is 0 Å².